The van der Waals surface area contributed by atoms with Crippen LogP contribution < -0.4 is 15.4 Å². The van der Waals surface area contributed by atoms with Crippen LogP contribution in [0.3, 0.4) is 0 Å². The van der Waals surface area contributed by atoms with Crippen molar-refractivity contribution in [2.75, 3.05) is 10.6 Å². The van der Waals surface area contributed by atoms with E-state index in [0.717, 1.165) is 12.1 Å². The average molecular weight is 394 g/mol. The Balaban J connectivity index is 2.35. The number of aromatic nitrogens is 2. The van der Waals surface area contributed by atoms with Crippen LogP contribution in [0, 0.1) is 0 Å². The Morgan fingerprint density at radius 3 is 2.15 bits per heavy atom. The lowest BCUT2D eigenvalue weighted by molar-refractivity contribution is -0.274. The summed E-state index contributed by atoms with van der Waals surface area (Å²) in [5.41, 5.74) is -1.75. The van der Waals surface area contributed by atoms with Crippen LogP contribution in [-0.4, -0.2) is 21.9 Å². The predicted octanol–water partition coefficient (Wildman–Crippen LogP) is 5.35. The molecule has 1 heterocycles. The summed E-state index contributed by atoms with van der Waals surface area (Å²) in [5.74, 6) is -1.04. The number of nitrogens with one attached hydrogen (secondary N) is 2. The second kappa shape index (κ2) is 7.12. The van der Waals surface area contributed by atoms with Gasteiger partial charge in [-0.1, -0.05) is 6.07 Å². The summed E-state index contributed by atoms with van der Waals surface area (Å²) in [5, 5.41) is 5.26. The highest BCUT2D eigenvalue weighted by Crippen LogP contribution is 2.32. The largest absolute Gasteiger partial charge is 0.573 e. The summed E-state index contributed by atoms with van der Waals surface area (Å²) < 4.78 is 79.9. The van der Waals surface area contributed by atoms with Gasteiger partial charge in [0.2, 0.25) is 5.95 Å². The van der Waals surface area contributed by atoms with Crippen molar-refractivity contribution in [3.63, 3.8) is 0 Å². The molecule has 0 bridgehead atoms. The fourth-order valence-electron chi connectivity index (χ4n) is 1.97. The molecule has 0 aliphatic rings. The quantitative estimate of drug-likeness (QED) is 0.685. The molecule has 0 saturated carbocycles. The monoisotopic (exact) mass is 394 g/mol. The van der Waals surface area contributed by atoms with Crippen LogP contribution in [0.15, 0.2) is 30.3 Å². The smallest absolute Gasteiger partial charge is 0.406 e. The van der Waals surface area contributed by atoms with Gasteiger partial charge in [-0.05, 0) is 32.9 Å². The maximum Gasteiger partial charge on any atom is 0.573 e. The lowest BCUT2D eigenvalue weighted by Gasteiger charge is -2.21. The zero-order valence-corrected chi connectivity index (χ0v) is 14.5. The highest BCUT2D eigenvalue weighted by atomic mass is 19.4. The number of hydrogen-bond donors (Lipinski definition) is 2. The van der Waals surface area contributed by atoms with Crippen molar-refractivity contribution >= 4 is 17.5 Å². The van der Waals surface area contributed by atoms with Gasteiger partial charge in [-0.2, -0.15) is 18.2 Å². The van der Waals surface area contributed by atoms with Gasteiger partial charge in [-0.15, -0.1) is 13.2 Å². The van der Waals surface area contributed by atoms with Crippen molar-refractivity contribution in [2.24, 2.45) is 0 Å². The molecule has 2 N–H and O–H groups in total. The molecule has 0 spiro atoms. The molecule has 2 aromatic rings. The molecule has 5 nitrogen and oxygen atoms in total. The summed E-state index contributed by atoms with van der Waals surface area (Å²) >= 11 is 0. The third-order valence-electron chi connectivity index (χ3n) is 2.84. The molecule has 0 atom stereocenters. The molecule has 0 aliphatic heterocycles. The van der Waals surface area contributed by atoms with Gasteiger partial charge < -0.3 is 15.4 Å². The molecule has 0 amide bonds. The molecule has 0 aliphatic carbocycles. The van der Waals surface area contributed by atoms with Gasteiger partial charge in [-0.3, -0.25) is 0 Å². The second-order valence-corrected chi connectivity index (χ2v) is 6.54. The standard InChI is InChI=1S/C16H16F6N4O/c1-14(2,3)26-13-24-11(15(17,18)19)8-12(25-13)23-9-5-4-6-10(7-9)27-16(20,21)22/h4-8H,1-3H3,(H2,23,24,25,26). The molecule has 0 fully saturated rings. The molecule has 11 heteroatoms. The van der Waals surface area contributed by atoms with Crippen molar-refractivity contribution < 1.29 is 31.1 Å². The fraction of sp³-hybridized carbons (Fsp3) is 0.375. The summed E-state index contributed by atoms with van der Waals surface area (Å²) in [6.45, 7) is 5.13. The molecule has 1 aromatic carbocycles. The van der Waals surface area contributed by atoms with Crippen molar-refractivity contribution in [1.29, 1.82) is 0 Å². The number of ether oxygens (including phenoxy) is 1. The fourth-order valence-corrected chi connectivity index (χ4v) is 1.97. The minimum Gasteiger partial charge on any atom is -0.406 e. The molecule has 0 radical (unpaired) electrons. The number of anilines is 3. The van der Waals surface area contributed by atoms with Crippen molar-refractivity contribution in [1.82, 2.24) is 9.97 Å². The predicted molar refractivity (Wildman–Crippen MR) is 86.8 cm³/mol. The number of benzene rings is 1. The van der Waals surface area contributed by atoms with E-state index in [0.29, 0.717) is 6.07 Å². The molecule has 2 rings (SSSR count). The molecule has 1 aromatic heterocycles. The van der Waals surface area contributed by atoms with Crippen LogP contribution in [-0.2, 0) is 6.18 Å². The van der Waals surface area contributed by atoms with E-state index in [2.05, 4.69) is 25.3 Å². The lowest BCUT2D eigenvalue weighted by Crippen LogP contribution is -2.28. The maximum atomic E-state index is 13.1. The van der Waals surface area contributed by atoms with Gasteiger partial charge >= 0.3 is 12.5 Å². The Kier molecular flexibility index (Phi) is 5.43. The Morgan fingerprint density at radius 2 is 1.59 bits per heavy atom. The third-order valence-corrected chi connectivity index (χ3v) is 2.84. The Morgan fingerprint density at radius 1 is 0.926 bits per heavy atom. The topological polar surface area (TPSA) is 59.1 Å². The number of nitrogens with zero attached hydrogens (tertiary/aromatic N) is 2. The molecule has 148 valence electrons. The summed E-state index contributed by atoms with van der Waals surface area (Å²) in [7, 11) is 0. The molecular weight excluding hydrogens is 378 g/mol. The van der Waals surface area contributed by atoms with Gasteiger partial charge in [0, 0.05) is 23.4 Å². The van der Waals surface area contributed by atoms with Crippen molar-refractivity contribution in [3.8, 4) is 5.75 Å². The number of alkyl halides is 6. The maximum absolute atomic E-state index is 13.1. The summed E-state index contributed by atoms with van der Waals surface area (Å²) in [6.07, 6.45) is -9.62. The van der Waals surface area contributed by atoms with Gasteiger partial charge in [-0.25, -0.2) is 4.98 Å². The van der Waals surface area contributed by atoms with Gasteiger partial charge in [0.25, 0.3) is 0 Å². The van der Waals surface area contributed by atoms with Crippen molar-refractivity contribution in [3.05, 3.63) is 36.0 Å². The van der Waals surface area contributed by atoms with Crippen LogP contribution in [0.1, 0.15) is 26.5 Å². The number of halogens is 6. The normalized spacial score (nSPS) is 12.6. The number of rotatable bonds is 4. The highest BCUT2D eigenvalue weighted by Gasteiger charge is 2.34. The van der Waals surface area contributed by atoms with E-state index in [-0.39, 0.29) is 17.5 Å². The molecule has 0 unspecified atom stereocenters. The average Bonchev–Trinajstić information content (AvgIpc) is 2.42. The van der Waals surface area contributed by atoms with E-state index < -0.39 is 29.5 Å². The van der Waals surface area contributed by atoms with E-state index in [1.807, 2.05) is 0 Å². The zero-order chi connectivity index (χ0) is 20.5. The van der Waals surface area contributed by atoms with Crippen LogP contribution in [0.25, 0.3) is 0 Å². The first-order valence-corrected chi connectivity index (χ1v) is 7.59. The van der Waals surface area contributed by atoms with Crippen LogP contribution in [0.2, 0.25) is 0 Å². The minimum atomic E-state index is -4.89. The first-order chi connectivity index (χ1) is 12.2. The second-order valence-electron chi connectivity index (χ2n) is 6.54. The van der Waals surface area contributed by atoms with Gasteiger partial charge in [0.05, 0.1) is 0 Å². The van der Waals surface area contributed by atoms with E-state index in [4.69, 9.17) is 0 Å². The lowest BCUT2D eigenvalue weighted by atomic mass is 10.1. The SMILES string of the molecule is CC(C)(C)Nc1nc(Nc2cccc(OC(F)(F)F)c2)cc(C(F)(F)F)n1. The van der Waals surface area contributed by atoms with E-state index in [1.165, 1.54) is 12.1 Å². The minimum absolute atomic E-state index is 0.0604. The van der Waals surface area contributed by atoms with Gasteiger partial charge in [0.1, 0.15) is 11.6 Å². The van der Waals surface area contributed by atoms with Crippen LogP contribution in [0.4, 0.5) is 43.8 Å². The Hall–Kier alpha value is -2.72. The first kappa shape index (κ1) is 20.6. The van der Waals surface area contributed by atoms with E-state index in [1.54, 1.807) is 20.8 Å². The van der Waals surface area contributed by atoms with Crippen LogP contribution in [0.5, 0.6) is 5.75 Å². The summed E-state index contributed by atoms with van der Waals surface area (Å²) in [6, 6.07) is 5.32. The van der Waals surface area contributed by atoms with E-state index >= 15 is 0 Å². The Labute approximate surface area is 150 Å². The van der Waals surface area contributed by atoms with Crippen LogP contribution >= 0.6 is 0 Å². The molecule has 0 saturated heterocycles. The van der Waals surface area contributed by atoms with Gasteiger partial charge in [0.15, 0.2) is 5.69 Å². The summed E-state index contributed by atoms with van der Waals surface area (Å²) in [4.78, 5) is 7.37. The number of hydrogen-bond acceptors (Lipinski definition) is 5. The zero-order valence-electron chi connectivity index (χ0n) is 14.5. The molecular formula is C16H16F6N4O. The van der Waals surface area contributed by atoms with Crippen molar-refractivity contribution in [2.45, 2.75) is 38.8 Å². The Bertz CT molecular complexity index is 799. The highest BCUT2D eigenvalue weighted by molar-refractivity contribution is 5.59. The first-order valence-electron chi connectivity index (χ1n) is 7.59. The third kappa shape index (κ3) is 6.83. The molecule has 27 heavy (non-hydrogen) atoms. The van der Waals surface area contributed by atoms with E-state index in [9.17, 15) is 26.3 Å².